The molecule has 0 aliphatic rings. The van der Waals surface area contributed by atoms with Crippen LogP contribution in [0, 0.1) is 0 Å². The Morgan fingerprint density at radius 3 is 1.19 bits per heavy atom. The topological polar surface area (TPSA) is 93.1 Å². The van der Waals surface area contributed by atoms with Crippen molar-refractivity contribution in [2.75, 3.05) is 0 Å². The summed E-state index contributed by atoms with van der Waals surface area (Å²) in [6.45, 7) is 7.71. The Bertz CT molecular complexity index is 1090. The Kier molecular flexibility index (Phi) is 6.25. The first-order chi connectivity index (χ1) is 15.0. The molecule has 0 fully saturated rings. The van der Waals surface area contributed by atoms with E-state index in [9.17, 15) is 9.59 Å². The molecule has 0 aromatic heterocycles. The molecule has 0 aliphatic carbocycles. The molecule has 0 radical (unpaired) electrons. The van der Waals surface area contributed by atoms with Crippen molar-refractivity contribution in [3.8, 4) is 11.5 Å². The van der Waals surface area contributed by atoms with Crippen LogP contribution < -0.4 is 9.47 Å². The van der Waals surface area contributed by atoms with Crippen LogP contribution in [0.25, 0.3) is 0 Å². The van der Waals surface area contributed by atoms with E-state index in [-0.39, 0.29) is 11.1 Å². The zero-order chi connectivity index (χ0) is 23.5. The second-order valence-corrected chi connectivity index (χ2v) is 8.46. The van der Waals surface area contributed by atoms with Gasteiger partial charge in [-0.3, -0.25) is 0 Å². The average Bonchev–Trinajstić information content (AvgIpc) is 2.74. The predicted molar refractivity (Wildman–Crippen MR) is 121 cm³/mol. The fourth-order valence-corrected chi connectivity index (χ4v) is 3.31. The Labute approximate surface area is 187 Å². The molecule has 166 valence electrons. The van der Waals surface area contributed by atoms with Gasteiger partial charge in [-0.2, -0.15) is 0 Å². The molecule has 0 atom stereocenters. The maximum Gasteiger partial charge on any atom is 0.335 e. The van der Waals surface area contributed by atoms with Crippen molar-refractivity contribution in [2.45, 2.75) is 38.9 Å². The van der Waals surface area contributed by atoms with Gasteiger partial charge in [0.15, 0.2) is 0 Å². The van der Waals surface area contributed by atoms with Gasteiger partial charge in [0.2, 0.25) is 0 Å². The van der Waals surface area contributed by atoms with E-state index < -0.39 is 23.1 Å². The second kappa shape index (κ2) is 8.75. The number of carboxylic acids is 2. The molecule has 6 heteroatoms. The Morgan fingerprint density at radius 1 is 0.562 bits per heavy atom. The molecule has 3 aromatic carbocycles. The van der Waals surface area contributed by atoms with E-state index >= 15 is 0 Å². The molecule has 0 unspecified atom stereocenters. The molecule has 0 bridgehead atoms. The van der Waals surface area contributed by atoms with E-state index in [2.05, 4.69) is 0 Å². The molecule has 6 nitrogen and oxygen atoms in total. The number of benzene rings is 3. The van der Waals surface area contributed by atoms with Crippen LogP contribution >= 0.6 is 0 Å². The third-order valence-corrected chi connectivity index (χ3v) is 5.22. The largest absolute Gasteiger partial charge is 0.483 e. The number of carbonyl (C=O) groups is 2. The maximum atomic E-state index is 11.1. The minimum atomic E-state index is -0.979. The van der Waals surface area contributed by atoms with Crippen LogP contribution in [-0.2, 0) is 11.2 Å². The van der Waals surface area contributed by atoms with Crippen molar-refractivity contribution in [1.82, 2.24) is 0 Å². The molecule has 0 spiro atoms. The number of carboxylic acid groups (broad SMARTS) is 2. The van der Waals surface area contributed by atoms with Gasteiger partial charge in [0.1, 0.15) is 22.7 Å². The maximum absolute atomic E-state index is 11.1. The fourth-order valence-electron chi connectivity index (χ4n) is 3.31. The van der Waals surface area contributed by atoms with Gasteiger partial charge in [0.25, 0.3) is 0 Å². The summed E-state index contributed by atoms with van der Waals surface area (Å²) >= 11 is 0. The van der Waals surface area contributed by atoms with Crippen LogP contribution in [-0.4, -0.2) is 22.2 Å². The van der Waals surface area contributed by atoms with Gasteiger partial charge in [0, 0.05) is 0 Å². The monoisotopic (exact) mass is 434 g/mol. The molecule has 3 aromatic rings. The van der Waals surface area contributed by atoms with Gasteiger partial charge in [-0.1, -0.05) is 24.3 Å². The van der Waals surface area contributed by atoms with E-state index in [1.54, 1.807) is 36.4 Å². The van der Waals surface area contributed by atoms with Crippen LogP contribution in [0.1, 0.15) is 59.5 Å². The lowest BCUT2D eigenvalue weighted by atomic mass is 9.96. The third kappa shape index (κ3) is 5.27. The van der Waals surface area contributed by atoms with Crippen molar-refractivity contribution >= 4 is 11.9 Å². The molecule has 3 rings (SSSR count). The van der Waals surface area contributed by atoms with Crippen LogP contribution in [0.4, 0.5) is 0 Å². The summed E-state index contributed by atoms with van der Waals surface area (Å²) in [5.74, 6) is -0.699. The van der Waals surface area contributed by atoms with E-state index in [1.807, 2.05) is 52.0 Å². The van der Waals surface area contributed by atoms with E-state index in [0.717, 1.165) is 11.1 Å². The highest BCUT2D eigenvalue weighted by molar-refractivity contribution is 5.88. The number of hydrogen-bond donors (Lipinski definition) is 2. The molecule has 2 N–H and O–H groups in total. The van der Waals surface area contributed by atoms with Crippen LogP contribution in [0.15, 0.2) is 72.8 Å². The molecule has 0 saturated heterocycles. The summed E-state index contributed by atoms with van der Waals surface area (Å²) in [7, 11) is 0. The summed E-state index contributed by atoms with van der Waals surface area (Å²) < 4.78 is 12.2. The van der Waals surface area contributed by atoms with Crippen molar-refractivity contribution < 1.29 is 29.3 Å². The highest BCUT2D eigenvalue weighted by atomic mass is 16.5. The number of ether oxygens (including phenoxy) is 2. The summed E-state index contributed by atoms with van der Waals surface area (Å²) in [6, 6.07) is 20.5. The SMILES string of the molecule is CC(C)(Oc1ccc(C(=O)O)cc1)c1ccc(OC(C)(C)c2ccc(C(=O)O)cc2)cc1. The Morgan fingerprint density at radius 2 is 0.844 bits per heavy atom. The normalized spacial score (nSPS) is 11.6. The fraction of sp³-hybridized carbons (Fsp3) is 0.231. The van der Waals surface area contributed by atoms with Crippen LogP contribution in [0.2, 0.25) is 0 Å². The first kappa shape index (κ1) is 22.9. The number of rotatable bonds is 8. The standard InChI is InChI=1S/C26H26O6/c1-25(2,19-9-5-17(6-10-19)23(27)28)32-22-15-11-20(12-16-22)26(3,4)31-21-13-7-18(8-14-21)24(29)30/h5-16H,1-4H3,(H,27,28)(H,29,30). The zero-order valence-electron chi connectivity index (χ0n) is 18.5. The number of hydrogen-bond acceptors (Lipinski definition) is 4. The minimum absolute atomic E-state index is 0.205. The third-order valence-electron chi connectivity index (χ3n) is 5.22. The predicted octanol–water partition coefficient (Wildman–Crippen LogP) is 5.71. The minimum Gasteiger partial charge on any atom is -0.483 e. The summed E-state index contributed by atoms with van der Waals surface area (Å²) in [4.78, 5) is 22.1. The Hall–Kier alpha value is -3.80. The van der Waals surface area contributed by atoms with Gasteiger partial charge in [0.05, 0.1) is 11.1 Å². The molecule has 0 amide bonds. The van der Waals surface area contributed by atoms with Crippen LogP contribution in [0.5, 0.6) is 11.5 Å². The molecular formula is C26H26O6. The summed E-state index contributed by atoms with van der Waals surface area (Å²) in [5, 5.41) is 18.1. The quantitative estimate of drug-likeness (QED) is 0.472. The first-order valence-corrected chi connectivity index (χ1v) is 10.1. The zero-order valence-corrected chi connectivity index (χ0v) is 18.5. The van der Waals surface area contributed by atoms with Crippen molar-refractivity contribution in [3.05, 3.63) is 95.1 Å². The van der Waals surface area contributed by atoms with Gasteiger partial charge in [-0.15, -0.1) is 0 Å². The highest BCUT2D eigenvalue weighted by Gasteiger charge is 2.25. The lowest BCUT2D eigenvalue weighted by molar-refractivity contribution is 0.0685. The summed E-state index contributed by atoms with van der Waals surface area (Å²) in [6.07, 6.45) is 0. The smallest absolute Gasteiger partial charge is 0.335 e. The van der Waals surface area contributed by atoms with Crippen molar-refractivity contribution in [1.29, 1.82) is 0 Å². The molecule has 0 heterocycles. The van der Waals surface area contributed by atoms with Gasteiger partial charge >= 0.3 is 11.9 Å². The Balaban J connectivity index is 1.71. The number of aromatic carboxylic acids is 2. The first-order valence-electron chi connectivity index (χ1n) is 10.1. The highest BCUT2D eigenvalue weighted by Crippen LogP contribution is 2.32. The molecule has 32 heavy (non-hydrogen) atoms. The molecule has 0 aliphatic heterocycles. The van der Waals surface area contributed by atoms with E-state index in [1.165, 1.54) is 12.1 Å². The molecular weight excluding hydrogens is 408 g/mol. The summed E-state index contributed by atoms with van der Waals surface area (Å²) in [5.41, 5.74) is 0.920. The van der Waals surface area contributed by atoms with Crippen molar-refractivity contribution in [2.24, 2.45) is 0 Å². The van der Waals surface area contributed by atoms with Gasteiger partial charge in [-0.25, -0.2) is 9.59 Å². The van der Waals surface area contributed by atoms with Gasteiger partial charge < -0.3 is 19.7 Å². The van der Waals surface area contributed by atoms with E-state index in [4.69, 9.17) is 19.7 Å². The van der Waals surface area contributed by atoms with Crippen LogP contribution in [0.3, 0.4) is 0 Å². The second-order valence-electron chi connectivity index (χ2n) is 8.46. The van der Waals surface area contributed by atoms with Gasteiger partial charge in [-0.05, 0) is 87.4 Å². The van der Waals surface area contributed by atoms with Crippen molar-refractivity contribution in [3.63, 3.8) is 0 Å². The lowest BCUT2D eigenvalue weighted by Gasteiger charge is -2.29. The average molecular weight is 434 g/mol. The van der Waals surface area contributed by atoms with E-state index in [0.29, 0.717) is 11.5 Å². The lowest BCUT2D eigenvalue weighted by Crippen LogP contribution is -2.26. The molecule has 0 saturated carbocycles.